The van der Waals surface area contributed by atoms with E-state index in [-0.39, 0.29) is 11.5 Å². The van der Waals surface area contributed by atoms with Gasteiger partial charge in [-0.3, -0.25) is 0 Å². The van der Waals surface area contributed by atoms with Crippen molar-refractivity contribution >= 4 is 0 Å². The molecule has 8 heteroatoms. The highest BCUT2D eigenvalue weighted by Gasteiger charge is 2.55. The highest BCUT2D eigenvalue weighted by Crippen LogP contribution is 2.50. The van der Waals surface area contributed by atoms with E-state index in [1.165, 1.54) is 5.56 Å². The molecule has 2 saturated heterocycles. The fourth-order valence-electron chi connectivity index (χ4n) is 6.08. The van der Waals surface area contributed by atoms with E-state index in [0.717, 1.165) is 56.1 Å². The van der Waals surface area contributed by atoms with Crippen molar-refractivity contribution in [1.29, 1.82) is 0 Å². The number of nitrogens with zero attached hydrogens (tertiary/aromatic N) is 6. The summed E-state index contributed by atoms with van der Waals surface area (Å²) in [6, 6.07) is 10.5. The Hall–Kier alpha value is -2.68. The molecule has 1 aromatic carbocycles. The van der Waals surface area contributed by atoms with E-state index in [2.05, 4.69) is 81.0 Å². The van der Waals surface area contributed by atoms with Gasteiger partial charge in [0.15, 0.2) is 0 Å². The Bertz CT molecular complexity index is 1230. The van der Waals surface area contributed by atoms with Crippen molar-refractivity contribution in [2.75, 3.05) is 33.4 Å². The first-order valence-electron chi connectivity index (χ1n) is 13.5. The van der Waals surface area contributed by atoms with Crippen molar-refractivity contribution in [2.24, 2.45) is 5.41 Å². The predicted octanol–water partition coefficient (Wildman–Crippen LogP) is 4.52. The number of aliphatic hydroxyl groups is 1. The molecule has 1 N–H and O–H groups in total. The third kappa shape index (κ3) is 4.60. The van der Waals surface area contributed by atoms with Crippen LogP contribution in [0.25, 0.3) is 11.5 Å². The maximum atomic E-state index is 12.5. The van der Waals surface area contributed by atoms with Gasteiger partial charge in [-0.1, -0.05) is 45.0 Å². The topological polar surface area (TPSA) is 89.2 Å². The van der Waals surface area contributed by atoms with Crippen LogP contribution >= 0.6 is 0 Å². The molecule has 0 unspecified atom stereocenters. The molecule has 2 aromatic heterocycles. The van der Waals surface area contributed by atoms with Crippen LogP contribution in [0.5, 0.6) is 0 Å². The van der Waals surface area contributed by atoms with Crippen LogP contribution in [-0.4, -0.2) is 68.3 Å². The molecule has 2 fully saturated rings. The van der Waals surface area contributed by atoms with E-state index in [1.54, 1.807) is 6.20 Å². The fourth-order valence-corrected chi connectivity index (χ4v) is 6.08. The van der Waals surface area contributed by atoms with Crippen LogP contribution in [0.15, 0.2) is 36.5 Å². The van der Waals surface area contributed by atoms with Crippen molar-refractivity contribution < 1.29 is 9.84 Å². The number of ether oxygens (including phenoxy) is 1. The zero-order valence-electron chi connectivity index (χ0n) is 23.0. The van der Waals surface area contributed by atoms with Crippen LogP contribution in [0.3, 0.4) is 0 Å². The normalized spacial score (nSPS) is 20.2. The van der Waals surface area contributed by atoms with Crippen molar-refractivity contribution in [3.05, 3.63) is 59.0 Å². The average molecular weight is 505 g/mol. The lowest BCUT2D eigenvalue weighted by atomic mass is 9.62. The minimum absolute atomic E-state index is 0.177. The smallest absolute Gasteiger partial charge is 0.201 e. The summed E-state index contributed by atoms with van der Waals surface area (Å²) in [6.07, 6.45) is 3.57. The van der Waals surface area contributed by atoms with Crippen molar-refractivity contribution in [3.8, 4) is 11.5 Å². The summed E-state index contributed by atoms with van der Waals surface area (Å²) >= 11 is 0. The maximum absolute atomic E-state index is 12.5. The van der Waals surface area contributed by atoms with Crippen molar-refractivity contribution in [1.82, 2.24) is 29.9 Å². The molecular weight excluding hydrogens is 464 g/mol. The highest BCUT2D eigenvalue weighted by atomic mass is 16.5. The summed E-state index contributed by atoms with van der Waals surface area (Å²) in [5.74, 6) is 2.27. The minimum atomic E-state index is -1.23. The largest absolute Gasteiger partial charge is 0.381 e. The van der Waals surface area contributed by atoms with Gasteiger partial charge >= 0.3 is 0 Å². The monoisotopic (exact) mass is 504 g/mol. The van der Waals surface area contributed by atoms with Gasteiger partial charge in [-0.05, 0) is 56.8 Å². The van der Waals surface area contributed by atoms with Gasteiger partial charge in [0.2, 0.25) is 5.82 Å². The fraction of sp³-hybridized carbons (Fsp3) is 0.586. The Morgan fingerprint density at radius 1 is 1.05 bits per heavy atom. The SMILES string of the molecule is CC(C)c1ccc([C@](O)(c2cnnc(-c3nc(C4CCOCC4)n(C(C)C)n3)c2)C2(C)CN(C)C2)cc1. The van der Waals surface area contributed by atoms with Crippen LogP contribution < -0.4 is 0 Å². The number of benzene rings is 1. The van der Waals surface area contributed by atoms with Gasteiger partial charge in [-0.15, -0.1) is 10.2 Å². The number of rotatable bonds is 7. The quantitative estimate of drug-likeness (QED) is 0.506. The Morgan fingerprint density at radius 3 is 2.32 bits per heavy atom. The second-order valence-electron chi connectivity index (χ2n) is 11.8. The zero-order chi connectivity index (χ0) is 26.4. The van der Waals surface area contributed by atoms with Gasteiger partial charge in [-0.25, -0.2) is 9.67 Å². The predicted molar refractivity (Wildman–Crippen MR) is 143 cm³/mol. The van der Waals surface area contributed by atoms with Gasteiger partial charge in [0.25, 0.3) is 0 Å². The van der Waals surface area contributed by atoms with Crippen LogP contribution in [-0.2, 0) is 10.3 Å². The van der Waals surface area contributed by atoms with E-state index in [9.17, 15) is 5.11 Å². The van der Waals surface area contributed by atoms with E-state index in [4.69, 9.17) is 14.8 Å². The average Bonchev–Trinajstić information content (AvgIpc) is 3.34. The molecule has 37 heavy (non-hydrogen) atoms. The third-order valence-electron chi connectivity index (χ3n) is 8.14. The first-order valence-corrected chi connectivity index (χ1v) is 13.5. The summed E-state index contributed by atoms with van der Waals surface area (Å²) < 4.78 is 7.59. The van der Waals surface area contributed by atoms with Crippen LogP contribution in [0.4, 0.5) is 0 Å². The maximum Gasteiger partial charge on any atom is 0.201 e. The summed E-state index contributed by atoms with van der Waals surface area (Å²) in [7, 11) is 2.08. The molecule has 0 saturated carbocycles. The zero-order valence-corrected chi connectivity index (χ0v) is 23.0. The molecule has 1 atom stereocenters. The molecule has 3 aromatic rings. The number of likely N-dealkylation sites (tertiary alicyclic amines) is 1. The molecule has 8 nitrogen and oxygen atoms in total. The van der Waals surface area contributed by atoms with E-state index in [0.29, 0.717) is 23.4 Å². The molecule has 0 spiro atoms. The third-order valence-corrected chi connectivity index (χ3v) is 8.14. The highest BCUT2D eigenvalue weighted by molar-refractivity contribution is 5.52. The van der Waals surface area contributed by atoms with Crippen LogP contribution in [0.1, 0.15) is 87.9 Å². The lowest BCUT2D eigenvalue weighted by Crippen LogP contribution is -2.63. The standard InChI is InChI=1S/C29H40N6O2/c1-19(2)21-7-9-23(10-8-21)29(36,28(5)17-34(6)18-28)24-15-25(32-30-16-24)26-31-27(35(33-26)20(3)4)22-11-13-37-14-12-22/h7-10,15-16,19-20,22,36H,11-14,17-18H2,1-6H3/t29-/m0/s1. The van der Waals surface area contributed by atoms with Gasteiger partial charge in [0, 0.05) is 49.2 Å². The summed E-state index contributed by atoms with van der Waals surface area (Å²) in [5.41, 5.74) is 1.82. The molecular formula is C29H40N6O2. The second-order valence-corrected chi connectivity index (χ2v) is 11.8. The number of aromatic nitrogens is 5. The van der Waals surface area contributed by atoms with Gasteiger partial charge in [0.05, 0.1) is 6.20 Å². The molecule has 198 valence electrons. The number of hydrogen-bond acceptors (Lipinski definition) is 7. The molecule has 5 rings (SSSR count). The summed E-state index contributed by atoms with van der Waals surface area (Å²) in [5, 5.41) is 26.2. The van der Waals surface area contributed by atoms with Crippen LogP contribution in [0.2, 0.25) is 0 Å². The molecule has 4 heterocycles. The Kier molecular flexibility index (Phi) is 6.94. The van der Waals surface area contributed by atoms with Crippen LogP contribution in [0, 0.1) is 5.41 Å². The summed E-state index contributed by atoms with van der Waals surface area (Å²) in [4.78, 5) is 7.20. The first kappa shape index (κ1) is 25.9. The Balaban J connectivity index is 1.58. The summed E-state index contributed by atoms with van der Waals surface area (Å²) in [6.45, 7) is 13.8. The van der Waals surface area contributed by atoms with E-state index in [1.807, 2.05) is 10.7 Å². The first-order chi connectivity index (χ1) is 17.6. The Labute approximate surface area is 220 Å². The van der Waals surface area contributed by atoms with E-state index < -0.39 is 5.60 Å². The molecule has 2 aliphatic heterocycles. The van der Waals surface area contributed by atoms with Gasteiger partial charge < -0.3 is 14.7 Å². The molecule has 0 amide bonds. The van der Waals surface area contributed by atoms with Gasteiger partial charge in [-0.2, -0.15) is 5.10 Å². The van der Waals surface area contributed by atoms with Crippen molar-refractivity contribution in [3.63, 3.8) is 0 Å². The molecule has 0 aliphatic carbocycles. The van der Waals surface area contributed by atoms with E-state index >= 15 is 0 Å². The number of hydrogen-bond donors (Lipinski definition) is 1. The Morgan fingerprint density at radius 2 is 1.73 bits per heavy atom. The van der Waals surface area contributed by atoms with Crippen molar-refractivity contribution in [2.45, 2.75) is 70.9 Å². The minimum Gasteiger partial charge on any atom is -0.381 e. The lowest BCUT2D eigenvalue weighted by Gasteiger charge is -2.55. The molecule has 0 bridgehead atoms. The van der Waals surface area contributed by atoms with Gasteiger partial charge in [0.1, 0.15) is 17.1 Å². The second kappa shape index (κ2) is 9.89. The lowest BCUT2D eigenvalue weighted by molar-refractivity contribution is -0.127. The molecule has 2 aliphatic rings. The molecule has 0 radical (unpaired) electrons.